The standard InChI is InChI=1S/C16H17ClO/c1-12(18)15(13-7-3-2-4-8-13)11-14-9-5-6-10-16(14)17/h2-10,12,15,18H,11H2,1H3/t12-,15-/m0/s1. The maximum absolute atomic E-state index is 9.97. The van der Waals surface area contributed by atoms with Gasteiger partial charge in [0.25, 0.3) is 0 Å². The highest BCUT2D eigenvalue weighted by Crippen LogP contribution is 2.27. The smallest absolute Gasteiger partial charge is 0.0583 e. The Morgan fingerprint density at radius 1 is 1.00 bits per heavy atom. The Hall–Kier alpha value is -1.31. The Balaban J connectivity index is 2.26. The van der Waals surface area contributed by atoms with E-state index in [1.54, 1.807) is 0 Å². The van der Waals surface area contributed by atoms with Crippen molar-refractivity contribution in [3.05, 3.63) is 70.7 Å². The topological polar surface area (TPSA) is 20.2 Å². The van der Waals surface area contributed by atoms with E-state index in [2.05, 4.69) is 0 Å². The first-order valence-corrected chi connectivity index (χ1v) is 6.52. The Morgan fingerprint density at radius 2 is 1.61 bits per heavy atom. The van der Waals surface area contributed by atoms with Crippen LogP contribution >= 0.6 is 11.6 Å². The lowest BCUT2D eigenvalue weighted by Gasteiger charge is -2.21. The van der Waals surface area contributed by atoms with Crippen LogP contribution in [0.25, 0.3) is 0 Å². The van der Waals surface area contributed by atoms with E-state index in [0.29, 0.717) is 0 Å². The highest BCUT2D eigenvalue weighted by molar-refractivity contribution is 6.31. The van der Waals surface area contributed by atoms with Crippen LogP contribution in [-0.4, -0.2) is 11.2 Å². The lowest BCUT2D eigenvalue weighted by atomic mass is 9.88. The molecule has 2 heteroatoms. The molecule has 0 bridgehead atoms. The molecule has 0 aliphatic carbocycles. The molecule has 0 aliphatic rings. The number of hydrogen-bond donors (Lipinski definition) is 1. The molecule has 0 aliphatic heterocycles. The molecule has 0 saturated carbocycles. The van der Waals surface area contributed by atoms with Crippen LogP contribution in [-0.2, 0) is 6.42 Å². The number of hydrogen-bond acceptors (Lipinski definition) is 1. The van der Waals surface area contributed by atoms with E-state index >= 15 is 0 Å². The normalized spacial score (nSPS) is 14.2. The minimum absolute atomic E-state index is 0.0751. The second-order valence-corrected chi connectivity index (χ2v) is 4.96. The summed E-state index contributed by atoms with van der Waals surface area (Å²) in [5, 5.41) is 10.7. The van der Waals surface area contributed by atoms with Gasteiger partial charge in [-0.25, -0.2) is 0 Å². The maximum Gasteiger partial charge on any atom is 0.0583 e. The predicted molar refractivity (Wildman–Crippen MR) is 76.0 cm³/mol. The summed E-state index contributed by atoms with van der Waals surface area (Å²) in [5.74, 6) is 0.0751. The highest BCUT2D eigenvalue weighted by Gasteiger charge is 2.18. The largest absolute Gasteiger partial charge is 0.393 e. The quantitative estimate of drug-likeness (QED) is 0.879. The van der Waals surface area contributed by atoms with E-state index in [1.165, 1.54) is 0 Å². The molecular weight excluding hydrogens is 244 g/mol. The van der Waals surface area contributed by atoms with Crippen LogP contribution in [0.4, 0.5) is 0 Å². The number of halogens is 1. The van der Waals surface area contributed by atoms with Crippen molar-refractivity contribution in [3.63, 3.8) is 0 Å². The molecular formula is C16H17ClO. The second-order valence-electron chi connectivity index (χ2n) is 4.55. The summed E-state index contributed by atoms with van der Waals surface area (Å²) in [5.41, 5.74) is 2.22. The van der Waals surface area contributed by atoms with Gasteiger partial charge in [-0.2, -0.15) is 0 Å². The van der Waals surface area contributed by atoms with Crippen LogP contribution < -0.4 is 0 Å². The van der Waals surface area contributed by atoms with Crippen molar-refractivity contribution in [3.8, 4) is 0 Å². The molecule has 2 aromatic rings. The molecule has 1 N–H and O–H groups in total. The molecule has 0 aromatic heterocycles. The molecule has 0 saturated heterocycles. The zero-order chi connectivity index (χ0) is 13.0. The highest BCUT2D eigenvalue weighted by atomic mass is 35.5. The van der Waals surface area contributed by atoms with Gasteiger partial charge in [0, 0.05) is 10.9 Å². The molecule has 0 radical (unpaired) electrons. The van der Waals surface area contributed by atoms with E-state index in [9.17, 15) is 5.11 Å². The number of rotatable bonds is 4. The van der Waals surface area contributed by atoms with Crippen LogP contribution in [0, 0.1) is 0 Å². The molecule has 2 rings (SSSR count). The van der Waals surface area contributed by atoms with Gasteiger partial charge in [-0.1, -0.05) is 60.1 Å². The average molecular weight is 261 g/mol. The van der Waals surface area contributed by atoms with Gasteiger partial charge in [-0.05, 0) is 30.5 Å². The van der Waals surface area contributed by atoms with Gasteiger partial charge in [0.05, 0.1) is 6.10 Å². The van der Waals surface area contributed by atoms with Gasteiger partial charge in [0.15, 0.2) is 0 Å². The van der Waals surface area contributed by atoms with E-state index in [1.807, 2.05) is 61.5 Å². The van der Waals surface area contributed by atoms with Gasteiger partial charge >= 0.3 is 0 Å². The molecule has 18 heavy (non-hydrogen) atoms. The fraction of sp³-hybridized carbons (Fsp3) is 0.250. The fourth-order valence-electron chi connectivity index (χ4n) is 2.17. The molecule has 0 unspecified atom stereocenters. The van der Waals surface area contributed by atoms with Crippen molar-refractivity contribution in [1.82, 2.24) is 0 Å². The summed E-state index contributed by atoms with van der Waals surface area (Å²) in [7, 11) is 0. The second kappa shape index (κ2) is 6.03. The van der Waals surface area contributed by atoms with Gasteiger partial charge in [0.2, 0.25) is 0 Å². The first kappa shape index (κ1) is 13.1. The SMILES string of the molecule is C[C@H](O)[C@H](Cc1ccccc1Cl)c1ccccc1. The maximum atomic E-state index is 9.97. The van der Waals surface area contributed by atoms with E-state index < -0.39 is 6.10 Å². The summed E-state index contributed by atoms with van der Waals surface area (Å²) < 4.78 is 0. The summed E-state index contributed by atoms with van der Waals surface area (Å²) >= 11 is 6.18. The third kappa shape index (κ3) is 3.12. The van der Waals surface area contributed by atoms with Crippen LogP contribution in [0.2, 0.25) is 5.02 Å². The Morgan fingerprint density at radius 3 is 2.22 bits per heavy atom. The van der Waals surface area contributed by atoms with Gasteiger partial charge < -0.3 is 5.11 Å². The van der Waals surface area contributed by atoms with E-state index in [4.69, 9.17) is 11.6 Å². The average Bonchev–Trinajstić information content (AvgIpc) is 2.38. The third-order valence-corrected chi connectivity index (χ3v) is 3.58. The zero-order valence-corrected chi connectivity index (χ0v) is 11.1. The minimum atomic E-state index is -0.399. The molecule has 0 heterocycles. The Bertz CT molecular complexity index is 493. The summed E-state index contributed by atoms with van der Waals surface area (Å²) in [6.45, 7) is 1.83. The monoisotopic (exact) mass is 260 g/mol. The lowest BCUT2D eigenvalue weighted by molar-refractivity contribution is 0.161. The summed E-state index contributed by atoms with van der Waals surface area (Å²) in [6, 6.07) is 17.9. The van der Waals surface area contributed by atoms with Crippen molar-refractivity contribution in [2.24, 2.45) is 0 Å². The molecule has 0 fully saturated rings. The van der Waals surface area contributed by atoms with Crippen molar-refractivity contribution in [1.29, 1.82) is 0 Å². The lowest BCUT2D eigenvalue weighted by Crippen LogP contribution is -2.17. The van der Waals surface area contributed by atoms with Crippen LogP contribution in [0.3, 0.4) is 0 Å². The Kier molecular flexibility index (Phi) is 4.40. The molecule has 2 aromatic carbocycles. The van der Waals surface area contributed by atoms with Gasteiger partial charge in [-0.3, -0.25) is 0 Å². The molecule has 2 atom stereocenters. The van der Waals surface area contributed by atoms with Gasteiger partial charge in [-0.15, -0.1) is 0 Å². The first-order valence-electron chi connectivity index (χ1n) is 6.15. The first-order chi connectivity index (χ1) is 8.68. The molecule has 0 amide bonds. The fourth-order valence-corrected chi connectivity index (χ4v) is 2.38. The van der Waals surface area contributed by atoms with Crippen LogP contribution in [0.15, 0.2) is 54.6 Å². The molecule has 0 spiro atoms. The van der Waals surface area contributed by atoms with Crippen molar-refractivity contribution in [2.75, 3.05) is 0 Å². The predicted octanol–water partition coefficient (Wildman–Crippen LogP) is 4.05. The van der Waals surface area contributed by atoms with Crippen LogP contribution in [0.5, 0.6) is 0 Å². The summed E-state index contributed by atoms with van der Waals surface area (Å²) in [4.78, 5) is 0. The van der Waals surface area contributed by atoms with Crippen molar-refractivity contribution < 1.29 is 5.11 Å². The van der Waals surface area contributed by atoms with E-state index in [0.717, 1.165) is 22.6 Å². The van der Waals surface area contributed by atoms with Crippen LogP contribution in [0.1, 0.15) is 24.0 Å². The van der Waals surface area contributed by atoms with Crippen molar-refractivity contribution in [2.45, 2.75) is 25.4 Å². The van der Waals surface area contributed by atoms with E-state index in [-0.39, 0.29) is 5.92 Å². The number of aliphatic hydroxyl groups is 1. The summed E-state index contributed by atoms with van der Waals surface area (Å²) in [6.07, 6.45) is 0.352. The minimum Gasteiger partial charge on any atom is -0.393 e. The van der Waals surface area contributed by atoms with Crippen molar-refractivity contribution >= 4 is 11.6 Å². The third-order valence-electron chi connectivity index (χ3n) is 3.21. The zero-order valence-electron chi connectivity index (χ0n) is 10.4. The Labute approximate surface area is 113 Å². The number of aliphatic hydroxyl groups excluding tert-OH is 1. The molecule has 94 valence electrons. The molecule has 1 nitrogen and oxygen atoms in total. The van der Waals surface area contributed by atoms with Gasteiger partial charge in [0.1, 0.15) is 0 Å². The number of benzene rings is 2.